The van der Waals surface area contributed by atoms with Crippen molar-refractivity contribution in [1.82, 2.24) is 10.2 Å². The number of rotatable bonds is 7. The molecule has 160 valence electrons. The Labute approximate surface area is 188 Å². The molecule has 2 aromatic rings. The molecule has 6 heteroatoms. The van der Waals surface area contributed by atoms with Gasteiger partial charge in [-0.25, -0.2) is 0 Å². The number of carbonyl (C=O) groups is 1. The second-order valence-electron chi connectivity index (χ2n) is 7.79. The largest absolute Gasteiger partial charge is 0.497 e. The van der Waals surface area contributed by atoms with E-state index >= 15 is 0 Å². The smallest absolute Gasteiger partial charge is 0.251 e. The van der Waals surface area contributed by atoms with E-state index in [1.165, 1.54) is 41.9 Å². The van der Waals surface area contributed by atoms with Crippen LogP contribution in [-0.2, 0) is 0 Å². The molecule has 2 aliphatic heterocycles. The van der Waals surface area contributed by atoms with Gasteiger partial charge in [0.2, 0.25) is 0 Å². The van der Waals surface area contributed by atoms with E-state index in [4.69, 9.17) is 4.74 Å². The van der Waals surface area contributed by atoms with Crippen LogP contribution >= 0.6 is 23.5 Å². The average Bonchev–Trinajstić information content (AvgIpc) is 3.35. The van der Waals surface area contributed by atoms with Crippen LogP contribution in [0.25, 0.3) is 0 Å². The van der Waals surface area contributed by atoms with Crippen molar-refractivity contribution in [1.29, 1.82) is 0 Å². The van der Waals surface area contributed by atoms with E-state index in [1.54, 1.807) is 7.11 Å². The van der Waals surface area contributed by atoms with E-state index in [-0.39, 0.29) is 11.9 Å². The van der Waals surface area contributed by atoms with Gasteiger partial charge in [0.15, 0.2) is 0 Å². The minimum Gasteiger partial charge on any atom is -0.497 e. The summed E-state index contributed by atoms with van der Waals surface area (Å²) in [6, 6.07) is 16.6. The van der Waals surface area contributed by atoms with Crippen LogP contribution in [-0.4, -0.2) is 49.1 Å². The first kappa shape index (κ1) is 21.6. The summed E-state index contributed by atoms with van der Waals surface area (Å²) in [5.41, 5.74) is 3.27. The third-order valence-electron chi connectivity index (χ3n) is 5.85. The van der Waals surface area contributed by atoms with Gasteiger partial charge in [0.1, 0.15) is 5.75 Å². The van der Waals surface area contributed by atoms with Gasteiger partial charge in [0.05, 0.1) is 17.7 Å². The summed E-state index contributed by atoms with van der Waals surface area (Å²) >= 11 is 3.98. The Morgan fingerprint density at radius 2 is 1.70 bits per heavy atom. The topological polar surface area (TPSA) is 41.6 Å². The second kappa shape index (κ2) is 10.6. The first-order chi connectivity index (χ1) is 14.7. The Morgan fingerprint density at radius 1 is 1.03 bits per heavy atom. The Kier molecular flexibility index (Phi) is 7.63. The first-order valence-electron chi connectivity index (χ1n) is 10.7. The lowest BCUT2D eigenvalue weighted by Crippen LogP contribution is -2.40. The molecule has 0 radical (unpaired) electrons. The van der Waals surface area contributed by atoms with Gasteiger partial charge < -0.3 is 10.1 Å². The minimum atomic E-state index is 0.00352. The zero-order valence-corrected chi connectivity index (χ0v) is 19.1. The molecule has 2 aliphatic rings. The van der Waals surface area contributed by atoms with Crippen molar-refractivity contribution in [2.45, 2.75) is 29.9 Å². The second-order valence-corrected chi connectivity index (χ2v) is 10.5. The highest BCUT2D eigenvalue weighted by atomic mass is 32.2. The molecule has 1 unspecified atom stereocenters. The SMILES string of the molecule is COc1ccc(C(CNC(=O)c2ccc(C3SCCS3)cc2)N2CCCCC2)cc1. The van der Waals surface area contributed by atoms with Gasteiger partial charge >= 0.3 is 0 Å². The number of hydrogen-bond donors (Lipinski definition) is 1. The van der Waals surface area contributed by atoms with E-state index in [0.717, 1.165) is 24.4 Å². The maximum atomic E-state index is 12.8. The Bertz CT molecular complexity index is 814. The minimum absolute atomic E-state index is 0.00352. The molecule has 2 heterocycles. The summed E-state index contributed by atoms with van der Waals surface area (Å²) in [5, 5.41) is 3.19. The molecule has 30 heavy (non-hydrogen) atoms. The molecule has 0 bridgehead atoms. The first-order valence-corrected chi connectivity index (χ1v) is 12.8. The normalized spacial score (nSPS) is 18.8. The number of nitrogens with zero attached hydrogens (tertiary/aromatic N) is 1. The lowest BCUT2D eigenvalue weighted by molar-refractivity contribution is 0.0924. The number of methoxy groups -OCH3 is 1. The molecule has 2 aromatic carbocycles. The Balaban J connectivity index is 1.42. The molecule has 0 spiro atoms. The molecule has 1 amide bonds. The number of benzene rings is 2. The molecular weight excluding hydrogens is 412 g/mol. The van der Waals surface area contributed by atoms with Crippen molar-refractivity contribution in [2.75, 3.05) is 38.2 Å². The average molecular weight is 443 g/mol. The summed E-state index contributed by atoms with van der Waals surface area (Å²) in [5.74, 6) is 3.28. The summed E-state index contributed by atoms with van der Waals surface area (Å²) in [6.07, 6.45) is 3.74. The van der Waals surface area contributed by atoms with Crippen molar-refractivity contribution in [3.63, 3.8) is 0 Å². The van der Waals surface area contributed by atoms with E-state index in [0.29, 0.717) is 11.1 Å². The molecule has 4 rings (SSSR count). The molecule has 0 aliphatic carbocycles. The van der Waals surface area contributed by atoms with Crippen LogP contribution in [0.15, 0.2) is 48.5 Å². The van der Waals surface area contributed by atoms with Crippen LogP contribution in [0.2, 0.25) is 0 Å². The quantitative estimate of drug-likeness (QED) is 0.644. The maximum Gasteiger partial charge on any atom is 0.251 e. The van der Waals surface area contributed by atoms with Gasteiger partial charge in [0.25, 0.3) is 5.91 Å². The number of thioether (sulfide) groups is 2. The molecule has 4 nitrogen and oxygen atoms in total. The van der Waals surface area contributed by atoms with Gasteiger partial charge in [0, 0.05) is 23.6 Å². The number of piperidine rings is 1. The Hall–Kier alpha value is -1.63. The third kappa shape index (κ3) is 5.34. The van der Waals surface area contributed by atoms with Crippen LogP contribution in [0.4, 0.5) is 0 Å². The van der Waals surface area contributed by atoms with E-state index in [9.17, 15) is 4.79 Å². The third-order valence-corrected chi connectivity index (χ3v) is 8.96. The number of amides is 1. The van der Waals surface area contributed by atoms with E-state index < -0.39 is 0 Å². The fraction of sp³-hybridized carbons (Fsp3) is 0.458. The number of carbonyl (C=O) groups excluding carboxylic acids is 1. The van der Waals surface area contributed by atoms with Crippen LogP contribution < -0.4 is 10.1 Å². The lowest BCUT2D eigenvalue weighted by atomic mass is 10.0. The van der Waals surface area contributed by atoms with Crippen molar-refractivity contribution < 1.29 is 9.53 Å². The van der Waals surface area contributed by atoms with Crippen LogP contribution in [0.3, 0.4) is 0 Å². The van der Waals surface area contributed by atoms with Gasteiger partial charge in [-0.05, 0) is 61.3 Å². The highest BCUT2D eigenvalue weighted by molar-refractivity contribution is 8.19. The highest BCUT2D eigenvalue weighted by Gasteiger charge is 2.23. The summed E-state index contributed by atoms with van der Waals surface area (Å²) in [6.45, 7) is 2.78. The number of likely N-dealkylation sites (tertiary alicyclic amines) is 1. The summed E-state index contributed by atoms with van der Waals surface area (Å²) < 4.78 is 5.83. The summed E-state index contributed by atoms with van der Waals surface area (Å²) in [7, 11) is 1.69. The standard InChI is InChI=1S/C24H30N2O2S2/c1-28-21-11-9-18(10-12-21)22(26-13-3-2-4-14-26)17-25-23(27)19-5-7-20(8-6-19)24-29-15-16-30-24/h5-12,22,24H,2-4,13-17H2,1H3,(H,25,27). The molecule has 0 saturated carbocycles. The number of hydrogen-bond acceptors (Lipinski definition) is 5. The summed E-state index contributed by atoms with van der Waals surface area (Å²) in [4.78, 5) is 15.3. The zero-order valence-electron chi connectivity index (χ0n) is 17.5. The molecule has 2 fully saturated rings. The monoisotopic (exact) mass is 442 g/mol. The van der Waals surface area contributed by atoms with Crippen molar-refractivity contribution in [2.24, 2.45) is 0 Å². The molecule has 2 saturated heterocycles. The van der Waals surface area contributed by atoms with Gasteiger partial charge in [-0.1, -0.05) is 30.7 Å². The van der Waals surface area contributed by atoms with Crippen LogP contribution in [0, 0.1) is 0 Å². The number of nitrogens with one attached hydrogen (secondary N) is 1. The van der Waals surface area contributed by atoms with Gasteiger partial charge in [-0.15, -0.1) is 23.5 Å². The van der Waals surface area contributed by atoms with Crippen molar-refractivity contribution in [3.8, 4) is 5.75 Å². The zero-order chi connectivity index (χ0) is 20.8. The van der Waals surface area contributed by atoms with Crippen LogP contribution in [0.1, 0.15) is 51.4 Å². The fourth-order valence-corrected chi connectivity index (χ4v) is 7.01. The van der Waals surface area contributed by atoms with E-state index in [2.05, 4.69) is 34.5 Å². The van der Waals surface area contributed by atoms with Gasteiger partial charge in [-0.3, -0.25) is 9.69 Å². The number of ether oxygens (including phenoxy) is 1. The lowest BCUT2D eigenvalue weighted by Gasteiger charge is -2.35. The Morgan fingerprint density at radius 3 is 2.33 bits per heavy atom. The highest BCUT2D eigenvalue weighted by Crippen LogP contribution is 2.45. The van der Waals surface area contributed by atoms with Crippen molar-refractivity contribution >= 4 is 29.4 Å². The molecule has 1 atom stereocenters. The van der Waals surface area contributed by atoms with Crippen molar-refractivity contribution in [3.05, 3.63) is 65.2 Å². The predicted octanol–water partition coefficient (Wildman–Crippen LogP) is 5.13. The molecule has 1 N–H and O–H groups in total. The predicted molar refractivity (Wildman–Crippen MR) is 128 cm³/mol. The maximum absolute atomic E-state index is 12.8. The van der Waals surface area contributed by atoms with Crippen LogP contribution in [0.5, 0.6) is 5.75 Å². The van der Waals surface area contributed by atoms with E-state index in [1.807, 2.05) is 47.8 Å². The fourth-order valence-electron chi connectivity index (χ4n) is 4.15. The molecule has 0 aromatic heterocycles. The molecular formula is C24H30N2O2S2. The van der Waals surface area contributed by atoms with Gasteiger partial charge in [-0.2, -0.15) is 0 Å².